The van der Waals surface area contributed by atoms with E-state index in [0.29, 0.717) is 11.0 Å². The van der Waals surface area contributed by atoms with Crippen LogP contribution in [0.15, 0.2) is 127 Å². The van der Waals surface area contributed by atoms with Gasteiger partial charge in [0.2, 0.25) is 11.0 Å². The number of aromatic nitrogens is 3. The van der Waals surface area contributed by atoms with Crippen LogP contribution in [0.1, 0.15) is 22.3 Å². The Bertz CT molecular complexity index is 3000. The zero-order chi connectivity index (χ0) is 31.7. The standard InChI is InChI=1S/C43H21N5/c1-44-41-42(45-2)47-39-31-23-37-30(22-29(31)24-12-3-4-15-27(24)38(39)46-41)28-16-11-20-35-40(28)48(37)36-21-10-9-19-34(36)43(35)32-17-7-5-13-25(32)26-14-6-8-18-33(26)43/h3-23H. The first-order valence-corrected chi connectivity index (χ1v) is 15.9. The molecule has 9 aromatic rings. The summed E-state index contributed by atoms with van der Waals surface area (Å²) >= 11 is 0. The molecule has 48 heavy (non-hydrogen) atoms. The van der Waals surface area contributed by atoms with Gasteiger partial charge >= 0.3 is 0 Å². The van der Waals surface area contributed by atoms with E-state index < -0.39 is 5.41 Å². The van der Waals surface area contributed by atoms with Gasteiger partial charge in [0.1, 0.15) is 0 Å². The minimum Gasteiger partial charge on any atom is -0.370 e. The van der Waals surface area contributed by atoms with E-state index in [2.05, 4.69) is 123 Å². The average molecular weight is 608 g/mol. The van der Waals surface area contributed by atoms with Gasteiger partial charge in [-0.3, -0.25) is 0 Å². The highest BCUT2D eigenvalue weighted by molar-refractivity contribution is 6.28. The van der Waals surface area contributed by atoms with Gasteiger partial charge in [0, 0.05) is 21.5 Å². The van der Waals surface area contributed by atoms with E-state index in [1.54, 1.807) is 0 Å². The van der Waals surface area contributed by atoms with E-state index >= 15 is 0 Å². The van der Waals surface area contributed by atoms with Crippen LogP contribution in [0, 0.1) is 13.1 Å². The molecule has 1 spiro atoms. The maximum absolute atomic E-state index is 7.77. The van der Waals surface area contributed by atoms with Gasteiger partial charge in [0.25, 0.3) is 11.6 Å². The minimum atomic E-state index is -0.474. The Morgan fingerprint density at radius 2 is 1.04 bits per heavy atom. The van der Waals surface area contributed by atoms with Crippen molar-refractivity contribution in [3.63, 3.8) is 0 Å². The molecule has 0 saturated heterocycles. The molecule has 0 atom stereocenters. The maximum Gasteiger partial charge on any atom is 0.294 e. The lowest BCUT2D eigenvalue weighted by atomic mass is 9.65. The molecule has 2 aliphatic rings. The van der Waals surface area contributed by atoms with Crippen molar-refractivity contribution in [2.45, 2.75) is 5.41 Å². The van der Waals surface area contributed by atoms with Gasteiger partial charge in [0.05, 0.1) is 22.1 Å². The van der Waals surface area contributed by atoms with Gasteiger partial charge in [0.15, 0.2) is 0 Å². The van der Waals surface area contributed by atoms with Gasteiger partial charge in [-0.25, -0.2) is 0 Å². The van der Waals surface area contributed by atoms with E-state index in [-0.39, 0.29) is 11.6 Å². The van der Waals surface area contributed by atoms with Crippen molar-refractivity contribution in [3.05, 3.63) is 172 Å². The van der Waals surface area contributed by atoms with E-state index in [0.717, 1.165) is 38.1 Å². The van der Waals surface area contributed by atoms with E-state index in [1.165, 1.54) is 44.3 Å². The number of fused-ring (bicyclic) bond motifs is 18. The molecule has 2 aromatic heterocycles. The summed E-state index contributed by atoms with van der Waals surface area (Å²) in [5, 5.41) is 6.29. The summed E-state index contributed by atoms with van der Waals surface area (Å²) < 4.78 is 2.43. The summed E-state index contributed by atoms with van der Waals surface area (Å²) in [5.74, 6) is 0.0663. The molecule has 218 valence electrons. The Kier molecular flexibility index (Phi) is 4.60. The van der Waals surface area contributed by atoms with Crippen LogP contribution in [0.2, 0.25) is 0 Å². The molecule has 1 aliphatic carbocycles. The number of rotatable bonds is 0. The Hall–Kier alpha value is -6.82. The largest absolute Gasteiger partial charge is 0.370 e. The highest BCUT2D eigenvalue weighted by atomic mass is 15.0. The third kappa shape index (κ3) is 2.79. The van der Waals surface area contributed by atoms with Crippen LogP contribution in [0.25, 0.3) is 80.9 Å². The molecule has 0 radical (unpaired) electrons. The van der Waals surface area contributed by atoms with Crippen LogP contribution in [-0.2, 0) is 5.41 Å². The Morgan fingerprint density at radius 1 is 0.479 bits per heavy atom. The molecule has 0 unspecified atom stereocenters. The van der Waals surface area contributed by atoms with Gasteiger partial charge in [-0.15, -0.1) is 9.97 Å². The van der Waals surface area contributed by atoms with Crippen molar-refractivity contribution >= 4 is 66.0 Å². The molecular formula is C43H21N5. The number of benzene rings is 7. The van der Waals surface area contributed by atoms with Gasteiger partial charge in [-0.1, -0.05) is 116 Å². The average Bonchev–Trinajstić information content (AvgIpc) is 3.64. The molecule has 0 bridgehead atoms. The third-order valence-corrected chi connectivity index (χ3v) is 10.6. The maximum atomic E-state index is 7.77. The van der Waals surface area contributed by atoms with Crippen LogP contribution in [0.4, 0.5) is 11.6 Å². The van der Waals surface area contributed by atoms with Gasteiger partial charge in [-0.05, 0) is 68.4 Å². The summed E-state index contributed by atoms with van der Waals surface area (Å²) in [6.45, 7) is 15.5. The summed E-state index contributed by atoms with van der Waals surface area (Å²) in [4.78, 5) is 16.7. The lowest BCUT2D eigenvalue weighted by Gasteiger charge is -2.39. The van der Waals surface area contributed by atoms with Crippen molar-refractivity contribution in [1.29, 1.82) is 0 Å². The first-order chi connectivity index (χ1) is 23.7. The molecular weight excluding hydrogens is 587 g/mol. The fourth-order valence-corrected chi connectivity index (χ4v) is 8.90. The van der Waals surface area contributed by atoms with Crippen LogP contribution < -0.4 is 0 Å². The van der Waals surface area contributed by atoms with E-state index in [1.807, 2.05) is 18.2 Å². The zero-order valence-electron chi connectivity index (χ0n) is 25.4. The third-order valence-electron chi connectivity index (χ3n) is 10.6. The monoisotopic (exact) mass is 607 g/mol. The molecule has 3 heterocycles. The summed E-state index contributed by atoms with van der Waals surface area (Å²) in [7, 11) is 0. The lowest BCUT2D eigenvalue weighted by molar-refractivity contribution is 0.748. The predicted molar refractivity (Wildman–Crippen MR) is 192 cm³/mol. The van der Waals surface area contributed by atoms with Crippen molar-refractivity contribution < 1.29 is 0 Å². The highest BCUT2D eigenvalue weighted by Gasteiger charge is 2.50. The number of para-hydroxylation sites is 2. The normalized spacial score (nSPS) is 13.5. The molecule has 0 amide bonds. The fraction of sp³-hybridized carbons (Fsp3) is 0.0233. The second kappa shape index (κ2) is 8.70. The Balaban J connectivity index is 1.38. The molecule has 5 nitrogen and oxygen atoms in total. The lowest BCUT2D eigenvalue weighted by Crippen LogP contribution is -2.33. The zero-order valence-corrected chi connectivity index (χ0v) is 25.4. The number of hydrogen-bond acceptors (Lipinski definition) is 2. The van der Waals surface area contributed by atoms with Crippen molar-refractivity contribution in [1.82, 2.24) is 14.5 Å². The predicted octanol–water partition coefficient (Wildman–Crippen LogP) is 10.8. The quantitative estimate of drug-likeness (QED) is 0.127. The van der Waals surface area contributed by atoms with Crippen LogP contribution >= 0.6 is 0 Å². The minimum absolute atomic E-state index is 0.0315. The van der Waals surface area contributed by atoms with Crippen molar-refractivity contribution in [2.24, 2.45) is 0 Å². The van der Waals surface area contributed by atoms with E-state index in [4.69, 9.17) is 23.1 Å². The fourth-order valence-electron chi connectivity index (χ4n) is 8.90. The SMILES string of the molecule is [C-]#[N+]c1nc2c3ccccc3c3cc4c5cccc6c5n(c4cc3c2nc1[N+]#[C-])-c1ccccc1C61c2ccccc2-c2ccccc21. The number of hydrogen-bond donors (Lipinski definition) is 0. The van der Waals surface area contributed by atoms with Crippen molar-refractivity contribution in [2.75, 3.05) is 0 Å². The summed E-state index contributed by atoms with van der Waals surface area (Å²) in [6, 6.07) is 46.1. The van der Waals surface area contributed by atoms with Crippen molar-refractivity contribution in [3.8, 4) is 16.8 Å². The number of nitrogens with zero attached hydrogens (tertiary/aromatic N) is 5. The molecule has 0 N–H and O–H groups in total. The van der Waals surface area contributed by atoms with Crippen LogP contribution in [0.3, 0.4) is 0 Å². The van der Waals surface area contributed by atoms with Gasteiger partial charge in [-0.2, -0.15) is 0 Å². The van der Waals surface area contributed by atoms with Gasteiger partial charge < -0.3 is 14.3 Å². The second-order valence-electron chi connectivity index (χ2n) is 12.6. The smallest absolute Gasteiger partial charge is 0.294 e. The Labute approximate surface area is 274 Å². The molecule has 5 heteroatoms. The molecule has 1 aliphatic heterocycles. The van der Waals surface area contributed by atoms with Crippen LogP contribution in [-0.4, -0.2) is 14.5 Å². The van der Waals surface area contributed by atoms with Crippen LogP contribution in [0.5, 0.6) is 0 Å². The molecule has 11 rings (SSSR count). The summed E-state index contributed by atoms with van der Waals surface area (Å²) in [6.07, 6.45) is 0. The first kappa shape index (κ1) is 25.4. The second-order valence-corrected chi connectivity index (χ2v) is 12.6. The molecule has 0 saturated carbocycles. The van der Waals surface area contributed by atoms with E-state index in [9.17, 15) is 0 Å². The topological polar surface area (TPSA) is 39.4 Å². The Morgan fingerprint density at radius 3 is 1.75 bits per heavy atom. The highest BCUT2D eigenvalue weighted by Crippen LogP contribution is 2.61. The summed E-state index contributed by atoms with van der Waals surface area (Å²) in [5.41, 5.74) is 11.9. The molecule has 7 aromatic carbocycles. The first-order valence-electron chi connectivity index (χ1n) is 15.9. The molecule has 0 fully saturated rings.